The third-order valence-corrected chi connectivity index (χ3v) is 4.64. The van der Waals surface area contributed by atoms with E-state index in [4.69, 9.17) is 0 Å². The Morgan fingerprint density at radius 3 is 1.80 bits per heavy atom. The van der Waals surface area contributed by atoms with Gasteiger partial charge in [0.25, 0.3) is 0 Å². The van der Waals surface area contributed by atoms with E-state index in [0.29, 0.717) is 0 Å². The van der Waals surface area contributed by atoms with Gasteiger partial charge in [-0.25, -0.2) is 0 Å². The molecule has 1 nitrogen and oxygen atoms in total. The van der Waals surface area contributed by atoms with Crippen LogP contribution >= 0.6 is 0 Å². The zero-order chi connectivity index (χ0) is 14.2. The largest absolute Gasteiger partial charge is 0.391 e. The van der Waals surface area contributed by atoms with Crippen LogP contribution in [-0.4, -0.2) is 11.2 Å². The minimum atomic E-state index is -0.398. The predicted octanol–water partition coefficient (Wildman–Crippen LogP) is 3.93. The van der Waals surface area contributed by atoms with Gasteiger partial charge < -0.3 is 5.11 Å². The summed E-state index contributed by atoms with van der Waals surface area (Å²) in [5.41, 5.74) is 3.17. The normalized spacial score (nSPS) is 23.9. The molecule has 0 heterocycles. The first kappa shape index (κ1) is 13.1. The molecule has 1 N–H and O–H groups in total. The van der Waals surface area contributed by atoms with Gasteiger partial charge in [-0.1, -0.05) is 72.8 Å². The molecule has 1 saturated carbocycles. The van der Waals surface area contributed by atoms with Crippen LogP contribution in [0.4, 0.5) is 0 Å². The Labute approximate surface area is 120 Å². The highest BCUT2D eigenvalue weighted by atomic mass is 16.3. The van der Waals surface area contributed by atoms with Gasteiger partial charge >= 0.3 is 0 Å². The van der Waals surface area contributed by atoms with Crippen LogP contribution in [0.1, 0.15) is 24.5 Å². The molecule has 2 aromatic rings. The number of hydrogen-bond donors (Lipinski definition) is 1. The number of benzene rings is 2. The van der Waals surface area contributed by atoms with Crippen LogP contribution in [0.25, 0.3) is 0 Å². The molecule has 1 fully saturated rings. The van der Waals surface area contributed by atoms with Crippen molar-refractivity contribution in [2.45, 2.75) is 24.9 Å². The molecule has 0 saturated heterocycles. The van der Waals surface area contributed by atoms with Crippen molar-refractivity contribution in [3.63, 3.8) is 0 Å². The highest BCUT2D eigenvalue weighted by Gasteiger charge is 2.55. The molecule has 3 rings (SSSR count). The van der Waals surface area contributed by atoms with Crippen LogP contribution in [0.5, 0.6) is 0 Å². The molecule has 2 aromatic carbocycles. The average molecular weight is 264 g/mol. The predicted molar refractivity (Wildman–Crippen MR) is 82.6 cm³/mol. The van der Waals surface area contributed by atoms with Crippen LogP contribution in [0.2, 0.25) is 0 Å². The molecule has 0 amide bonds. The lowest BCUT2D eigenvalue weighted by Crippen LogP contribution is -2.56. The van der Waals surface area contributed by atoms with Crippen molar-refractivity contribution in [3.8, 4) is 0 Å². The van der Waals surface area contributed by atoms with Crippen molar-refractivity contribution in [1.29, 1.82) is 0 Å². The Morgan fingerprint density at radius 2 is 1.45 bits per heavy atom. The van der Waals surface area contributed by atoms with Gasteiger partial charge in [0.15, 0.2) is 0 Å². The lowest BCUT2D eigenvalue weighted by Gasteiger charge is -2.54. The summed E-state index contributed by atoms with van der Waals surface area (Å²) in [5.74, 6) is 0.190. The van der Waals surface area contributed by atoms with Crippen molar-refractivity contribution in [3.05, 3.63) is 83.9 Å². The Kier molecular flexibility index (Phi) is 3.23. The molecule has 102 valence electrons. The number of aliphatic hydroxyl groups is 1. The highest BCUT2D eigenvalue weighted by Crippen LogP contribution is 2.54. The fourth-order valence-corrected chi connectivity index (χ4v) is 3.42. The zero-order valence-corrected chi connectivity index (χ0v) is 11.8. The van der Waals surface area contributed by atoms with Crippen LogP contribution in [0, 0.1) is 5.92 Å². The minimum Gasteiger partial charge on any atom is -0.391 e. The molecule has 2 atom stereocenters. The van der Waals surface area contributed by atoms with Crippen molar-refractivity contribution in [2.24, 2.45) is 5.92 Å². The van der Waals surface area contributed by atoms with Gasteiger partial charge in [0, 0.05) is 11.3 Å². The fourth-order valence-electron chi connectivity index (χ4n) is 3.42. The van der Waals surface area contributed by atoms with E-state index < -0.39 is 6.10 Å². The third-order valence-electron chi connectivity index (χ3n) is 4.64. The quantitative estimate of drug-likeness (QED) is 0.833. The van der Waals surface area contributed by atoms with E-state index in [1.807, 2.05) is 43.3 Å². The van der Waals surface area contributed by atoms with E-state index in [-0.39, 0.29) is 11.3 Å². The second kappa shape index (κ2) is 4.92. The topological polar surface area (TPSA) is 20.2 Å². The van der Waals surface area contributed by atoms with Crippen LogP contribution in [0.3, 0.4) is 0 Å². The van der Waals surface area contributed by atoms with Crippen molar-refractivity contribution < 1.29 is 5.11 Å². The number of aliphatic hydroxyl groups excluding tert-OH is 1. The summed E-state index contributed by atoms with van der Waals surface area (Å²) in [6.45, 7) is 6.03. The minimum absolute atomic E-state index is 0.190. The second-order valence-electron chi connectivity index (χ2n) is 5.81. The maximum Gasteiger partial charge on any atom is 0.0742 e. The third kappa shape index (κ3) is 1.82. The lowest BCUT2D eigenvalue weighted by molar-refractivity contribution is -0.0298. The van der Waals surface area contributed by atoms with Gasteiger partial charge in [-0.15, -0.1) is 0 Å². The summed E-state index contributed by atoms with van der Waals surface area (Å²) in [4.78, 5) is 0. The van der Waals surface area contributed by atoms with Crippen molar-refractivity contribution >= 4 is 0 Å². The SMILES string of the molecule is C=C(C)[C@@H]1CC(c2ccccc2)(c2ccccc2)[C@H]1O. The first-order chi connectivity index (χ1) is 9.66. The molecule has 1 heteroatoms. The first-order valence-electron chi connectivity index (χ1n) is 7.11. The highest BCUT2D eigenvalue weighted by molar-refractivity contribution is 5.46. The van der Waals surface area contributed by atoms with E-state index >= 15 is 0 Å². The fraction of sp³-hybridized carbons (Fsp3) is 0.263. The summed E-state index contributed by atoms with van der Waals surface area (Å²) < 4.78 is 0. The molecular weight excluding hydrogens is 244 g/mol. The second-order valence-corrected chi connectivity index (χ2v) is 5.81. The number of rotatable bonds is 3. The lowest BCUT2D eigenvalue weighted by atomic mass is 9.52. The molecule has 0 aromatic heterocycles. The van der Waals surface area contributed by atoms with Gasteiger partial charge in [0.05, 0.1) is 6.10 Å². The van der Waals surface area contributed by atoms with E-state index in [1.165, 1.54) is 11.1 Å². The van der Waals surface area contributed by atoms with Crippen molar-refractivity contribution in [1.82, 2.24) is 0 Å². The molecule has 0 bridgehead atoms. The Hall–Kier alpha value is -1.86. The van der Waals surface area contributed by atoms with Gasteiger partial charge in [-0.3, -0.25) is 0 Å². The van der Waals surface area contributed by atoms with E-state index in [9.17, 15) is 5.11 Å². The molecule has 1 aliphatic rings. The summed E-state index contributed by atoms with van der Waals surface area (Å²) >= 11 is 0. The van der Waals surface area contributed by atoms with Gasteiger partial charge in [0.2, 0.25) is 0 Å². The maximum absolute atomic E-state index is 10.8. The van der Waals surface area contributed by atoms with E-state index in [1.54, 1.807) is 0 Å². The Bertz CT molecular complexity index is 561. The molecule has 0 aliphatic heterocycles. The Morgan fingerprint density at radius 1 is 1.00 bits per heavy atom. The van der Waals surface area contributed by atoms with Crippen LogP contribution in [0.15, 0.2) is 72.8 Å². The van der Waals surface area contributed by atoms with Gasteiger partial charge in [-0.2, -0.15) is 0 Å². The standard InChI is InChI=1S/C19H20O/c1-14(2)17-13-19(18(17)20,15-9-5-3-6-10-15)16-11-7-4-8-12-16/h3-12,17-18,20H,1,13H2,2H3/t17-,18-/m0/s1. The molecule has 0 unspecified atom stereocenters. The molecular formula is C19H20O. The monoisotopic (exact) mass is 264 g/mol. The first-order valence-corrected chi connectivity index (χ1v) is 7.11. The van der Waals surface area contributed by atoms with E-state index in [2.05, 4.69) is 30.8 Å². The summed E-state index contributed by atoms with van der Waals surface area (Å²) in [5, 5.41) is 10.8. The Balaban J connectivity index is 2.09. The van der Waals surface area contributed by atoms with Crippen LogP contribution < -0.4 is 0 Å². The maximum atomic E-state index is 10.8. The molecule has 0 spiro atoms. The molecule has 20 heavy (non-hydrogen) atoms. The van der Waals surface area contributed by atoms with Crippen LogP contribution in [-0.2, 0) is 5.41 Å². The van der Waals surface area contributed by atoms with Crippen molar-refractivity contribution in [2.75, 3.05) is 0 Å². The van der Waals surface area contributed by atoms with Gasteiger partial charge in [0.1, 0.15) is 0 Å². The van der Waals surface area contributed by atoms with E-state index in [0.717, 1.165) is 12.0 Å². The summed E-state index contributed by atoms with van der Waals surface area (Å²) in [6.07, 6.45) is 0.530. The molecule has 0 radical (unpaired) electrons. The summed E-state index contributed by atoms with van der Waals surface area (Å²) in [7, 11) is 0. The smallest absolute Gasteiger partial charge is 0.0742 e. The average Bonchev–Trinajstić information content (AvgIpc) is 2.48. The number of hydrogen-bond acceptors (Lipinski definition) is 1. The van der Waals surface area contributed by atoms with Gasteiger partial charge in [-0.05, 0) is 24.5 Å². The zero-order valence-electron chi connectivity index (χ0n) is 11.8. The molecule has 1 aliphatic carbocycles. The summed E-state index contributed by atoms with van der Waals surface area (Å²) in [6, 6.07) is 20.7.